The average molecular weight is 431 g/mol. The van der Waals surface area contributed by atoms with Gasteiger partial charge in [0.2, 0.25) is 11.8 Å². The van der Waals surface area contributed by atoms with Crippen LogP contribution >= 0.6 is 0 Å². The zero-order valence-corrected chi connectivity index (χ0v) is 18.7. The SMILES string of the molecule is CNc1nc([C@@H]2CCCCN2CCC(=O)N2CCOCC2)nc2c1CN(C(C)=O)CC2. The number of fused-ring (bicyclic) bond motifs is 1. The lowest BCUT2D eigenvalue weighted by molar-refractivity contribution is -0.135. The molecular weight excluding hydrogens is 396 g/mol. The third-order valence-corrected chi connectivity index (χ3v) is 6.65. The molecule has 2 amide bonds. The topological polar surface area (TPSA) is 90.9 Å². The lowest BCUT2D eigenvalue weighted by Crippen LogP contribution is -2.43. The highest BCUT2D eigenvalue weighted by molar-refractivity contribution is 5.76. The molecule has 0 unspecified atom stereocenters. The molecule has 1 aromatic heterocycles. The van der Waals surface area contributed by atoms with E-state index >= 15 is 0 Å². The minimum absolute atomic E-state index is 0.0835. The van der Waals surface area contributed by atoms with E-state index in [0.29, 0.717) is 45.8 Å². The summed E-state index contributed by atoms with van der Waals surface area (Å²) in [6.45, 7) is 7.22. The first kappa shape index (κ1) is 22.0. The van der Waals surface area contributed by atoms with Crippen molar-refractivity contribution in [1.82, 2.24) is 24.7 Å². The van der Waals surface area contributed by atoms with Gasteiger partial charge in [-0.25, -0.2) is 9.97 Å². The van der Waals surface area contributed by atoms with Gasteiger partial charge in [0.05, 0.1) is 31.5 Å². The Morgan fingerprint density at radius 2 is 1.90 bits per heavy atom. The van der Waals surface area contributed by atoms with Crippen LogP contribution in [0.4, 0.5) is 5.82 Å². The molecule has 2 saturated heterocycles. The Morgan fingerprint density at radius 1 is 1.10 bits per heavy atom. The summed E-state index contributed by atoms with van der Waals surface area (Å²) in [5.41, 5.74) is 2.07. The molecule has 4 rings (SSSR count). The van der Waals surface area contributed by atoms with Crippen molar-refractivity contribution < 1.29 is 14.3 Å². The Kier molecular flexibility index (Phi) is 7.02. The fraction of sp³-hybridized carbons (Fsp3) is 0.727. The van der Waals surface area contributed by atoms with Crippen LogP contribution in [0, 0.1) is 0 Å². The number of carbonyl (C=O) groups excluding carboxylic acids is 2. The van der Waals surface area contributed by atoms with Crippen molar-refractivity contribution in [1.29, 1.82) is 0 Å². The molecule has 170 valence electrons. The van der Waals surface area contributed by atoms with Crippen molar-refractivity contribution in [3.05, 3.63) is 17.1 Å². The maximum atomic E-state index is 12.6. The van der Waals surface area contributed by atoms with Crippen LogP contribution in [0.25, 0.3) is 0 Å². The normalized spacial score (nSPS) is 22.2. The van der Waals surface area contributed by atoms with E-state index in [9.17, 15) is 9.59 Å². The fourth-order valence-corrected chi connectivity index (χ4v) is 4.82. The number of nitrogens with zero attached hydrogens (tertiary/aromatic N) is 5. The monoisotopic (exact) mass is 430 g/mol. The van der Waals surface area contributed by atoms with Crippen molar-refractivity contribution in [2.24, 2.45) is 0 Å². The first-order valence-corrected chi connectivity index (χ1v) is 11.5. The summed E-state index contributed by atoms with van der Waals surface area (Å²) in [5.74, 6) is 1.96. The van der Waals surface area contributed by atoms with Crippen molar-refractivity contribution in [2.75, 3.05) is 58.3 Å². The standard InChI is InChI=1S/C22H34N6O3/c1-16(29)28-9-6-18-17(15-28)21(23-2)25-22(24-18)19-5-3-4-8-26(19)10-7-20(30)27-11-13-31-14-12-27/h19H,3-15H2,1-2H3,(H,23,24,25)/t19-/m0/s1. The van der Waals surface area contributed by atoms with Crippen LogP contribution in [0.15, 0.2) is 0 Å². The molecule has 3 aliphatic rings. The number of anilines is 1. The maximum absolute atomic E-state index is 12.6. The summed E-state index contributed by atoms with van der Waals surface area (Å²) in [4.78, 5) is 40.4. The van der Waals surface area contributed by atoms with Crippen molar-refractivity contribution in [2.45, 2.75) is 51.6 Å². The number of nitrogens with one attached hydrogen (secondary N) is 1. The van der Waals surface area contributed by atoms with Gasteiger partial charge in [-0.15, -0.1) is 0 Å². The van der Waals surface area contributed by atoms with Crippen LogP contribution < -0.4 is 5.32 Å². The number of ether oxygens (including phenoxy) is 1. The van der Waals surface area contributed by atoms with Gasteiger partial charge in [-0.1, -0.05) is 6.42 Å². The quantitative estimate of drug-likeness (QED) is 0.751. The van der Waals surface area contributed by atoms with Crippen LogP contribution in [-0.4, -0.2) is 89.5 Å². The largest absolute Gasteiger partial charge is 0.378 e. The molecule has 3 aliphatic heterocycles. The minimum atomic E-state index is 0.0835. The van der Waals surface area contributed by atoms with Gasteiger partial charge in [0.25, 0.3) is 0 Å². The van der Waals surface area contributed by atoms with Gasteiger partial charge in [0, 0.05) is 58.6 Å². The number of morpholine rings is 1. The molecule has 2 fully saturated rings. The molecular formula is C22H34N6O3. The van der Waals surface area contributed by atoms with E-state index in [1.165, 1.54) is 0 Å². The number of carbonyl (C=O) groups is 2. The highest BCUT2D eigenvalue weighted by Crippen LogP contribution is 2.32. The van der Waals surface area contributed by atoms with E-state index in [4.69, 9.17) is 14.7 Å². The summed E-state index contributed by atoms with van der Waals surface area (Å²) < 4.78 is 5.36. The Labute approximate surface area is 184 Å². The predicted molar refractivity (Wildman–Crippen MR) is 117 cm³/mol. The number of piperidine rings is 1. The van der Waals surface area contributed by atoms with Gasteiger partial charge in [-0.05, 0) is 19.4 Å². The number of likely N-dealkylation sites (tertiary alicyclic amines) is 1. The molecule has 4 heterocycles. The Bertz CT molecular complexity index is 793. The zero-order valence-electron chi connectivity index (χ0n) is 18.7. The van der Waals surface area contributed by atoms with Gasteiger partial charge in [0.15, 0.2) is 0 Å². The molecule has 0 spiro atoms. The van der Waals surface area contributed by atoms with E-state index in [1.807, 2.05) is 16.8 Å². The van der Waals surface area contributed by atoms with Crippen molar-refractivity contribution in [3.63, 3.8) is 0 Å². The first-order valence-electron chi connectivity index (χ1n) is 11.5. The van der Waals surface area contributed by atoms with E-state index in [2.05, 4.69) is 10.2 Å². The van der Waals surface area contributed by atoms with E-state index in [0.717, 1.165) is 61.7 Å². The second-order valence-electron chi connectivity index (χ2n) is 8.59. The molecule has 0 saturated carbocycles. The van der Waals surface area contributed by atoms with Crippen molar-refractivity contribution in [3.8, 4) is 0 Å². The molecule has 9 heteroatoms. The maximum Gasteiger partial charge on any atom is 0.224 e. The molecule has 1 aromatic rings. The lowest BCUT2D eigenvalue weighted by atomic mass is 9.99. The molecule has 0 aliphatic carbocycles. The molecule has 31 heavy (non-hydrogen) atoms. The Morgan fingerprint density at radius 3 is 2.65 bits per heavy atom. The molecule has 0 radical (unpaired) electrons. The van der Waals surface area contributed by atoms with Gasteiger partial charge in [0.1, 0.15) is 11.6 Å². The summed E-state index contributed by atoms with van der Waals surface area (Å²) >= 11 is 0. The number of aromatic nitrogens is 2. The first-order chi connectivity index (χ1) is 15.1. The number of hydrogen-bond donors (Lipinski definition) is 1. The highest BCUT2D eigenvalue weighted by Gasteiger charge is 2.30. The summed E-state index contributed by atoms with van der Waals surface area (Å²) in [6.07, 6.45) is 4.56. The van der Waals surface area contributed by atoms with Crippen LogP contribution in [0.3, 0.4) is 0 Å². The third-order valence-electron chi connectivity index (χ3n) is 6.65. The highest BCUT2D eigenvalue weighted by atomic mass is 16.5. The number of rotatable bonds is 5. The number of amides is 2. The van der Waals surface area contributed by atoms with Crippen LogP contribution in [0.2, 0.25) is 0 Å². The summed E-state index contributed by atoms with van der Waals surface area (Å²) in [7, 11) is 1.87. The van der Waals surface area contributed by atoms with E-state index < -0.39 is 0 Å². The fourth-order valence-electron chi connectivity index (χ4n) is 4.82. The molecule has 1 atom stereocenters. The molecule has 0 aromatic carbocycles. The van der Waals surface area contributed by atoms with Crippen molar-refractivity contribution >= 4 is 17.6 Å². The predicted octanol–water partition coefficient (Wildman–Crippen LogP) is 1.20. The molecule has 9 nitrogen and oxygen atoms in total. The summed E-state index contributed by atoms with van der Waals surface area (Å²) in [6, 6.07) is 0.134. The molecule has 1 N–H and O–H groups in total. The third kappa shape index (κ3) is 4.98. The average Bonchev–Trinajstić information content (AvgIpc) is 2.82. The smallest absolute Gasteiger partial charge is 0.224 e. The summed E-state index contributed by atoms with van der Waals surface area (Å²) in [5, 5.41) is 3.22. The second kappa shape index (κ2) is 9.91. The zero-order chi connectivity index (χ0) is 21.8. The Balaban J connectivity index is 1.48. The van der Waals surface area contributed by atoms with E-state index in [-0.39, 0.29) is 17.9 Å². The van der Waals surface area contributed by atoms with Gasteiger partial charge >= 0.3 is 0 Å². The van der Waals surface area contributed by atoms with Crippen LogP contribution in [-0.2, 0) is 27.3 Å². The number of hydrogen-bond acceptors (Lipinski definition) is 7. The Hall–Kier alpha value is -2.26. The van der Waals surface area contributed by atoms with Gasteiger partial charge < -0.3 is 19.9 Å². The second-order valence-corrected chi connectivity index (χ2v) is 8.59. The molecule has 0 bridgehead atoms. The van der Waals surface area contributed by atoms with Gasteiger partial charge in [-0.3, -0.25) is 14.5 Å². The van der Waals surface area contributed by atoms with Crippen LogP contribution in [0.5, 0.6) is 0 Å². The minimum Gasteiger partial charge on any atom is -0.378 e. The van der Waals surface area contributed by atoms with Crippen LogP contribution in [0.1, 0.15) is 55.7 Å². The lowest BCUT2D eigenvalue weighted by Gasteiger charge is -2.36. The van der Waals surface area contributed by atoms with Gasteiger partial charge in [-0.2, -0.15) is 0 Å². The van der Waals surface area contributed by atoms with E-state index in [1.54, 1.807) is 6.92 Å².